The lowest BCUT2D eigenvalue weighted by molar-refractivity contribution is 0.0945. The summed E-state index contributed by atoms with van der Waals surface area (Å²) in [7, 11) is 0. The van der Waals surface area contributed by atoms with Crippen LogP contribution in [0.4, 0.5) is 11.4 Å². The fraction of sp³-hybridized carbons (Fsp3) is 0.150. The highest BCUT2D eigenvalue weighted by Gasteiger charge is 2.09. The predicted molar refractivity (Wildman–Crippen MR) is 98.8 cm³/mol. The summed E-state index contributed by atoms with van der Waals surface area (Å²) in [5.74, 6) is -0.227. The Kier molecular flexibility index (Phi) is 5.04. The van der Waals surface area contributed by atoms with Crippen molar-refractivity contribution in [2.45, 2.75) is 20.4 Å². The number of hydrogen-bond donors (Lipinski definition) is 2. The van der Waals surface area contributed by atoms with Gasteiger partial charge in [-0.25, -0.2) is 0 Å². The van der Waals surface area contributed by atoms with Crippen LogP contribution in [0.3, 0.4) is 0 Å². The molecule has 3 rings (SSSR count). The number of pyridine rings is 2. The molecular formula is C20H20N4O. The lowest BCUT2D eigenvalue weighted by atomic mass is 10.1. The Balaban J connectivity index is 1.69. The van der Waals surface area contributed by atoms with Crippen molar-refractivity contribution in [3.05, 3.63) is 83.4 Å². The third-order valence-electron chi connectivity index (χ3n) is 3.81. The number of amides is 1. The summed E-state index contributed by atoms with van der Waals surface area (Å²) in [6.07, 6.45) is 3.33. The maximum atomic E-state index is 12.3. The van der Waals surface area contributed by atoms with Gasteiger partial charge >= 0.3 is 0 Å². The molecule has 0 aliphatic carbocycles. The zero-order chi connectivity index (χ0) is 17.6. The Morgan fingerprint density at radius 2 is 1.88 bits per heavy atom. The Hall–Kier alpha value is -3.21. The van der Waals surface area contributed by atoms with E-state index in [2.05, 4.69) is 46.6 Å². The first-order chi connectivity index (χ1) is 12.1. The normalized spacial score (nSPS) is 10.3. The van der Waals surface area contributed by atoms with Crippen molar-refractivity contribution in [2.24, 2.45) is 0 Å². The van der Waals surface area contributed by atoms with Gasteiger partial charge in [0.2, 0.25) is 0 Å². The molecule has 0 atom stereocenters. The summed E-state index contributed by atoms with van der Waals surface area (Å²) in [6, 6.07) is 15.4. The van der Waals surface area contributed by atoms with E-state index in [4.69, 9.17) is 0 Å². The summed E-state index contributed by atoms with van der Waals surface area (Å²) in [5, 5.41) is 6.17. The van der Waals surface area contributed by atoms with Gasteiger partial charge in [0.1, 0.15) is 5.69 Å². The zero-order valence-corrected chi connectivity index (χ0v) is 14.3. The van der Waals surface area contributed by atoms with Gasteiger partial charge in [-0.3, -0.25) is 14.8 Å². The number of aryl methyl sites for hydroxylation is 2. The summed E-state index contributed by atoms with van der Waals surface area (Å²) < 4.78 is 0. The maximum Gasteiger partial charge on any atom is 0.270 e. The molecule has 0 unspecified atom stereocenters. The molecule has 0 radical (unpaired) electrons. The number of nitrogens with zero attached hydrogens (tertiary/aromatic N) is 2. The zero-order valence-electron chi connectivity index (χ0n) is 14.3. The second kappa shape index (κ2) is 7.57. The van der Waals surface area contributed by atoms with E-state index in [0.29, 0.717) is 12.2 Å². The smallest absolute Gasteiger partial charge is 0.270 e. The highest BCUT2D eigenvalue weighted by atomic mass is 16.1. The van der Waals surface area contributed by atoms with Crippen LogP contribution in [0.5, 0.6) is 0 Å². The molecule has 0 aliphatic rings. The van der Waals surface area contributed by atoms with Crippen LogP contribution in [0.15, 0.2) is 60.9 Å². The van der Waals surface area contributed by atoms with Crippen LogP contribution < -0.4 is 10.6 Å². The van der Waals surface area contributed by atoms with E-state index in [0.717, 1.165) is 22.6 Å². The minimum Gasteiger partial charge on any atom is -0.355 e. The number of nitrogens with one attached hydrogen (secondary N) is 2. The van der Waals surface area contributed by atoms with E-state index in [1.165, 1.54) is 5.56 Å². The van der Waals surface area contributed by atoms with Gasteiger partial charge < -0.3 is 10.6 Å². The lowest BCUT2D eigenvalue weighted by Crippen LogP contribution is -2.24. The first kappa shape index (κ1) is 16.6. The van der Waals surface area contributed by atoms with Crippen LogP contribution in [-0.2, 0) is 6.54 Å². The molecule has 2 N–H and O–H groups in total. The third kappa shape index (κ3) is 4.41. The lowest BCUT2D eigenvalue weighted by Gasteiger charge is -2.11. The van der Waals surface area contributed by atoms with E-state index in [1.54, 1.807) is 18.5 Å². The average molecular weight is 332 g/mol. The molecule has 5 nitrogen and oxygen atoms in total. The molecule has 0 saturated heterocycles. The van der Waals surface area contributed by atoms with Crippen LogP contribution in [0.25, 0.3) is 0 Å². The number of benzene rings is 1. The minimum absolute atomic E-state index is 0.227. The van der Waals surface area contributed by atoms with Crippen molar-refractivity contribution in [3.63, 3.8) is 0 Å². The van der Waals surface area contributed by atoms with Crippen LogP contribution in [0.1, 0.15) is 27.3 Å². The van der Waals surface area contributed by atoms with Crippen molar-refractivity contribution >= 4 is 17.3 Å². The van der Waals surface area contributed by atoms with Crippen LogP contribution in [0, 0.1) is 13.8 Å². The molecule has 0 saturated carbocycles. The van der Waals surface area contributed by atoms with Gasteiger partial charge in [-0.05, 0) is 49.7 Å². The highest BCUT2D eigenvalue weighted by Crippen LogP contribution is 2.21. The van der Waals surface area contributed by atoms with Gasteiger partial charge in [-0.15, -0.1) is 0 Å². The second-order valence-corrected chi connectivity index (χ2v) is 5.88. The third-order valence-corrected chi connectivity index (χ3v) is 3.81. The van der Waals surface area contributed by atoms with Gasteiger partial charge in [0.05, 0.1) is 12.2 Å². The number of carbonyl (C=O) groups is 1. The van der Waals surface area contributed by atoms with Crippen molar-refractivity contribution < 1.29 is 4.79 Å². The van der Waals surface area contributed by atoms with Crippen molar-refractivity contribution in [3.8, 4) is 0 Å². The number of carbonyl (C=O) groups excluding carboxylic acids is 1. The van der Waals surface area contributed by atoms with E-state index < -0.39 is 0 Å². The molecule has 126 valence electrons. The summed E-state index contributed by atoms with van der Waals surface area (Å²) in [4.78, 5) is 20.6. The molecule has 1 aromatic carbocycles. The van der Waals surface area contributed by atoms with Gasteiger partial charge in [0, 0.05) is 23.8 Å². The standard InChI is InChI=1S/C20H20N4O/c1-14-6-7-18(15(2)11-14)24-16-8-10-22-19(12-16)20(25)23-13-17-5-3-4-9-21-17/h3-12H,13H2,1-2H3,(H,22,24)(H,23,25). The Morgan fingerprint density at radius 1 is 1.00 bits per heavy atom. The van der Waals surface area contributed by atoms with Crippen molar-refractivity contribution in [2.75, 3.05) is 5.32 Å². The molecule has 0 fully saturated rings. The average Bonchev–Trinajstić information content (AvgIpc) is 2.63. The van der Waals surface area contributed by atoms with Gasteiger partial charge in [-0.2, -0.15) is 0 Å². The van der Waals surface area contributed by atoms with Gasteiger partial charge in [0.25, 0.3) is 5.91 Å². The molecule has 3 aromatic rings. The molecule has 1 amide bonds. The predicted octanol–water partition coefficient (Wildman–Crippen LogP) is 3.77. The maximum absolute atomic E-state index is 12.3. The fourth-order valence-electron chi connectivity index (χ4n) is 2.51. The SMILES string of the molecule is Cc1ccc(Nc2ccnc(C(=O)NCc3ccccn3)c2)c(C)c1. The van der Waals surface area contributed by atoms with Crippen molar-refractivity contribution in [1.29, 1.82) is 0 Å². The molecule has 0 aliphatic heterocycles. The van der Waals surface area contributed by atoms with Crippen molar-refractivity contribution in [1.82, 2.24) is 15.3 Å². The quantitative estimate of drug-likeness (QED) is 0.746. The number of aromatic nitrogens is 2. The molecule has 5 heteroatoms. The van der Waals surface area contributed by atoms with Crippen LogP contribution >= 0.6 is 0 Å². The molecule has 0 spiro atoms. The number of rotatable bonds is 5. The van der Waals surface area contributed by atoms with Gasteiger partial charge in [0.15, 0.2) is 0 Å². The minimum atomic E-state index is -0.227. The molecule has 2 heterocycles. The summed E-state index contributed by atoms with van der Waals surface area (Å²) >= 11 is 0. The van der Waals surface area contributed by atoms with E-state index in [9.17, 15) is 4.79 Å². The first-order valence-corrected chi connectivity index (χ1v) is 8.10. The molecule has 0 bridgehead atoms. The number of anilines is 2. The van der Waals surface area contributed by atoms with Crippen LogP contribution in [0.2, 0.25) is 0 Å². The first-order valence-electron chi connectivity index (χ1n) is 8.10. The highest BCUT2D eigenvalue weighted by molar-refractivity contribution is 5.93. The van der Waals surface area contributed by atoms with E-state index in [1.807, 2.05) is 30.3 Å². The molecule has 2 aromatic heterocycles. The molecular weight excluding hydrogens is 312 g/mol. The van der Waals surface area contributed by atoms with Crippen LogP contribution in [-0.4, -0.2) is 15.9 Å². The Labute approximate surface area is 147 Å². The Bertz CT molecular complexity index is 878. The molecule has 25 heavy (non-hydrogen) atoms. The number of hydrogen-bond acceptors (Lipinski definition) is 4. The summed E-state index contributed by atoms with van der Waals surface area (Å²) in [5.41, 5.74) is 5.37. The topological polar surface area (TPSA) is 66.9 Å². The largest absolute Gasteiger partial charge is 0.355 e. The Morgan fingerprint density at radius 3 is 2.64 bits per heavy atom. The van der Waals surface area contributed by atoms with E-state index >= 15 is 0 Å². The monoisotopic (exact) mass is 332 g/mol. The fourth-order valence-corrected chi connectivity index (χ4v) is 2.51. The van der Waals surface area contributed by atoms with E-state index in [-0.39, 0.29) is 5.91 Å². The second-order valence-electron chi connectivity index (χ2n) is 5.88. The van der Waals surface area contributed by atoms with Gasteiger partial charge in [-0.1, -0.05) is 23.8 Å². The summed E-state index contributed by atoms with van der Waals surface area (Å²) in [6.45, 7) is 4.49.